The molecule has 2 aromatic rings. The highest BCUT2D eigenvalue weighted by molar-refractivity contribution is 9.10. The molecule has 0 spiro atoms. The highest BCUT2D eigenvalue weighted by Crippen LogP contribution is 2.37. The number of nitrogens with one attached hydrogen (secondary N) is 1. The van der Waals surface area contributed by atoms with Gasteiger partial charge in [0, 0.05) is 20.9 Å². The number of benzene rings is 2. The van der Waals surface area contributed by atoms with Crippen molar-refractivity contribution in [3.63, 3.8) is 0 Å². The molecule has 110 valence electrons. The van der Waals surface area contributed by atoms with Gasteiger partial charge in [-0.15, -0.1) is 0 Å². The minimum atomic E-state index is -0.620. The van der Waals surface area contributed by atoms with Gasteiger partial charge < -0.3 is 10.1 Å². The molecule has 6 heteroatoms. The second-order valence-electron chi connectivity index (χ2n) is 4.76. The van der Waals surface area contributed by atoms with Crippen molar-refractivity contribution in [3.8, 4) is 5.75 Å². The number of anilines is 1. The molecular weight excluding hydrogens is 408 g/mol. The van der Waals surface area contributed by atoms with Gasteiger partial charge in [0.2, 0.25) is 0 Å². The van der Waals surface area contributed by atoms with Gasteiger partial charge in [-0.25, -0.2) is 8.78 Å². The van der Waals surface area contributed by atoms with E-state index in [0.717, 1.165) is 15.8 Å². The van der Waals surface area contributed by atoms with E-state index in [2.05, 4.69) is 37.2 Å². The zero-order valence-corrected chi connectivity index (χ0v) is 14.0. The number of halogens is 4. The zero-order chi connectivity index (χ0) is 15.0. The molecule has 1 aliphatic rings. The van der Waals surface area contributed by atoms with Crippen molar-refractivity contribution in [1.82, 2.24) is 0 Å². The maximum Gasteiger partial charge on any atom is 0.150 e. The monoisotopic (exact) mass is 417 g/mol. The average molecular weight is 419 g/mol. The largest absolute Gasteiger partial charge is 0.493 e. The van der Waals surface area contributed by atoms with Crippen molar-refractivity contribution in [3.05, 3.63) is 56.5 Å². The van der Waals surface area contributed by atoms with Crippen LogP contribution in [0.5, 0.6) is 5.75 Å². The van der Waals surface area contributed by atoms with E-state index >= 15 is 0 Å². The lowest BCUT2D eigenvalue weighted by atomic mass is 10.00. The van der Waals surface area contributed by atoms with Crippen LogP contribution in [0, 0.1) is 11.6 Å². The van der Waals surface area contributed by atoms with Crippen molar-refractivity contribution in [1.29, 1.82) is 0 Å². The maximum absolute atomic E-state index is 13.9. The Hall–Kier alpha value is -1.14. The molecule has 1 atom stereocenters. The van der Waals surface area contributed by atoms with E-state index in [1.165, 1.54) is 12.1 Å². The van der Waals surface area contributed by atoms with E-state index in [9.17, 15) is 8.78 Å². The summed E-state index contributed by atoms with van der Waals surface area (Å²) in [6.45, 7) is 0.506. The summed E-state index contributed by atoms with van der Waals surface area (Å²) >= 11 is 6.48. The van der Waals surface area contributed by atoms with Gasteiger partial charge in [0.25, 0.3) is 0 Å². The molecule has 1 heterocycles. The van der Waals surface area contributed by atoms with E-state index < -0.39 is 11.6 Å². The summed E-state index contributed by atoms with van der Waals surface area (Å²) in [4.78, 5) is 0. The number of hydrogen-bond donors (Lipinski definition) is 1. The molecule has 0 saturated carbocycles. The predicted molar refractivity (Wildman–Crippen MR) is 84.7 cm³/mol. The number of rotatable bonds is 2. The quantitative estimate of drug-likeness (QED) is 0.702. The molecule has 1 unspecified atom stereocenters. The lowest BCUT2D eigenvalue weighted by Gasteiger charge is -2.28. The molecule has 2 nitrogen and oxygen atoms in total. The minimum Gasteiger partial charge on any atom is -0.493 e. The lowest BCUT2D eigenvalue weighted by molar-refractivity contribution is 0.274. The molecule has 3 rings (SSSR count). The average Bonchev–Trinajstić information content (AvgIpc) is 2.43. The Kier molecular flexibility index (Phi) is 4.17. The first-order valence-electron chi connectivity index (χ1n) is 6.38. The fourth-order valence-corrected chi connectivity index (χ4v) is 3.15. The molecule has 0 aliphatic carbocycles. The maximum atomic E-state index is 13.9. The van der Waals surface area contributed by atoms with Crippen molar-refractivity contribution >= 4 is 37.5 Å². The van der Waals surface area contributed by atoms with Crippen molar-refractivity contribution < 1.29 is 13.5 Å². The SMILES string of the molecule is Fc1cc(Br)cc(F)c1NC1CCOc2ccc(Br)cc21. The van der Waals surface area contributed by atoms with Crippen LogP contribution in [0.1, 0.15) is 18.0 Å². The number of hydrogen-bond acceptors (Lipinski definition) is 2. The summed E-state index contributed by atoms with van der Waals surface area (Å²) in [5.41, 5.74) is 0.772. The van der Waals surface area contributed by atoms with Crippen LogP contribution in [0.4, 0.5) is 14.5 Å². The normalized spacial score (nSPS) is 17.0. The second-order valence-corrected chi connectivity index (χ2v) is 6.59. The summed E-state index contributed by atoms with van der Waals surface area (Å²) in [6, 6.07) is 7.92. The minimum absolute atomic E-state index is 0.115. The third kappa shape index (κ3) is 3.06. The summed E-state index contributed by atoms with van der Waals surface area (Å²) in [6.07, 6.45) is 0.637. The third-order valence-electron chi connectivity index (χ3n) is 3.34. The summed E-state index contributed by atoms with van der Waals surface area (Å²) in [5, 5.41) is 2.96. The smallest absolute Gasteiger partial charge is 0.150 e. The van der Waals surface area contributed by atoms with E-state index in [4.69, 9.17) is 4.74 Å². The molecule has 0 fully saturated rings. The Morgan fingerprint density at radius 2 is 1.76 bits per heavy atom. The van der Waals surface area contributed by atoms with Crippen LogP contribution in [0.3, 0.4) is 0 Å². The number of fused-ring (bicyclic) bond motifs is 1. The van der Waals surface area contributed by atoms with Crippen LogP contribution in [0.2, 0.25) is 0 Å². The van der Waals surface area contributed by atoms with Crippen LogP contribution >= 0.6 is 31.9 Å². The van der Waals surface area contributed by atoms with E-state index in [1.54, 1.807) is 0 Å². The van der Waals surface area contributed by atoms with E-state index in [0.29, 0.717) is 17.5 Å². The van der Waals surface area contributed by atoms with Crippen molar-refractivity contribution in [2.45, 2.75) is 12.5 Å². The molecule has 2 aromatic carbocycles. The molecule has 0 radical (unpaired) electrons. The van der Waals surface area contributed by atoms with Crippen molar-refractivity contribution in [2.75, 3.05) is 11.9 Å². The highest BCUT2D eigenvalue weighted by Gasteiger charge is 2.24. The van der Waals surface area contributed by atoms with E-state index in [-0.39, 0.29) is 11.7 Å². The molecular formula is C15H11Br2F2NO. The molecule has 1 N–H and O–H groups in total. The fourth-order valence-electron chi connectivity index (χ4n) is 2.37. The van der Waals surface area contributed by atoms with Gasteiger partial charge in [0.1, 0.15) is 23.1 Å². The van der Waals surface area contributed by atoms with Crippen LogP contribution < -0.4 is 10.1 Å². The second kappa shape index (κ2) is 5.93. The first-order valence-corrected chi connectivity index (χ1v) is 7.96. The molecule has 0 amide bonds. The molecule has 1 aliphatic heterocycles. The number of ether oxygens (including phenoxy) is 1. The third-order valence-corrected chi connectivity index (χ3v) is 4.29. The zero-order valence-electron chi connectivity index (χ0n) is 10.8. The lowest BCUT2D eigenvalue weighted by Crippen LogP contribution is -2.21. The fraction of sp³-hybridized carbons (Fsp3) is 0.200. The van der Waals surface area contributed by atoms with Crippen LogP contribution in [-0.2, 0) is 0 Å². The van der Waals surface area contributed by atoms with Gasteiger partial charge in [-0.05, 0) is 30.3 Å². The predicted octanol–water partition coefficient (Wildman–Crippen LogP) is 5.43. The standard InChI is InChI=1S/C15H11Br2F2NO/c16-8-1-2-14-10(5-8)13(3-4-21-14)20-15-11(18)6-9(17)7-12(15)19/h1-2,5-7,13,20H,3-4H2. The molecule has 0 bridgehead atoms. The van der Waals surface area contributed by atoms with Crippen molar-refractivity contribution in [2.24, 2.45) is 0 Å². The van der Waals surface area contributed by atoms with Gasteiger partial charge in [-0.1, -0.05) is 31.9 Å². The van der Waals surface area contributed by atoms with Gasteiger partial charge >= 0.3 is 0 Å². The summed E-state index contributed by atoms with van der Waals surface area (Å²) in [5.74, 6) is -0.505. The van der Waals surface area contributed by atoms with E-state index in [1.807, 2.05) is 18.2 Å². The van der Waals surface area contributed by atoms with Gasteiger partial charge in [0.05, 0.1) is 12.6 Å². The molecule has 0 aromatic heterocycles. The Morgan fingerprint density at radius 3 is 2.48 bits per heavy atom. The highest BCUT2D eigenvalue weighted by atomic mass is 79.9. The molecule has 21 heavy (non-hydrogen) atoms. The Bertz CT molecular complexity index is 670. The summed E-state index contributed by atoms with van der Waals surface area (Å²) in [7, 11) is 0. The van der Waals surface area contributed by atoms with Crippen LogP contribution in [0.25, 0.3) is 0 Å². The van der Waals surface area contributed by atoms with Crippen LogP contribution in [0.15, 0.2) is 39.3 Å². The Balaban J connectivity index is 1.96. The van der Waals surface area contributed by atoms with Crippen LogP contribution in [-0.4, -0.2) is 6.61 Å². The Morgan fingerprint density at radius 1 is 1.05 bits per heavy atom. The van der Waals surface area contributed by atoms with Gasteiger partial charge in [0.15, 0.2) is 0 Å². The van der Waals surface area contributed by atoms with Gasteiger partial charge in [-0.2, -0.15) is 0 Å². The molecule has 0 saturated heterocycles. The van der Waals surface area contributed by atoms with Gasteiger partial charge in [-0.3, -0.25) is 0 Å². The first-order chi connectivity index (χ1) is 10.0. The summed E-state index contributed by atoms with van der Waals surface area (Å²) < 4.78 is 34.7. The Labute approximate surface area is 137 Å². The topological polar surface area (TPSA) is 21.3 Å². The first kappa shape index (κ1) is 14.8.